The number of carbonyl (C=O) groups excluding carboxylic acids is 1. The van der Waals surface area contributed by atoms with Crippen LogP contribution in [0.25, 0.3) is 11.0 Å². The van der Waals surface area contributed by atoms with E-state index in [1.165, 1.54) is 44.8 Å². The summed E-state index contributed by atoms with van der Waals surface area (Å²) in [5.74, 6) is 0.776. The van der Waals surface area contributed by atoms with Crippen LogP contribution in [-0.4, -0.2) is 48.5 Å². The van der Waals surface area contributed by atoms with Gasteiger partial charge in [0, 0.05) is 42.0 Å². The molecule has 13 heteroatoms. The Morgan fingerprint density at radius 3 is 2.18 bits per heavy atom. The van der Waals surface area contributed by atoms with Crippen molar-refractivity contribution >= 4 is 50.0 Å². The molecule has 3 aromatic carbocycles. The highest BCUT2D eigenvalue weighted by Crippen LogP contribution is 2.31. The third kappa shape index (κ3) is 5.72. The van der Waals surface area contributed by atoms with Crippen LogP contribution in [0.1, 0.15) is 10.6 Å². The summed E-state index contributed by atoms with van der Waals surface area (Å²) in [4.78, 5) is 28.0. The molecule has 0 bridgehead atoms. The average Bonchev–Trinajstić information content (AvgIpc) is 3.48. The number of rotatable bonds is 9. The third-order valence-corrected chi connectivity index (χ3v) is 6.87. The molecular weight excluding hydrogens is 522 g/mol. The van der Waals surface area contributed by atoms with Crippen molar-refractivity contribution in [2.45, 2.75) is 4.90 Å². The van der Waals surface area contributed by atoms with E-state index < -0.39 is 15.9 Å². The normalized spacial score (nSPS) is 11.1. The molecule has 0 saturated heterocycles. The van der Waals surface area contributed by atoms with Gasteiger partial charge < -0.3 is 25.1 Å². The number of hydrogen-bond donors (Lipinski definition) is 4. The molecule has 198 valence electrons. The van der Waals surface area contributed by atoms with Crippen molar-refractivity contribution in [1.29, 1.82) is 0 Å². The molecule has 12 nitrogen and oxygen atoms in total. The van der Waals surface area contributed by atoms with Crippen LogP contribution >= 0.6 is 0 Å². The number of methoxy groups -OCH3 is 2. The first-order valence-corrected chi connectivity index (χ1v) is 13.0. The summed E-state index contributed by atoms with van der Waals surface area (Å²) >= 11 is 0. The van der Waals surface area contributed by atoms with Crippen molar-refractivity contribution in [3.63, 3.8) is 0 Å². The molecule has 39 heavy (non-hydrogen) atoms. The first kappa shape index (κ1) is 25.5. The van der Waals surface area contributed by atoms with Gasteiger partial charge >= 0.3 is 0 Å². The van der Waals surface area contributed by atoms with Gasteiger partial charge in [0.1, 0.15) is 11.5 Å². The number of aromatic amines is 1. The highest BCUT2D eigenvalue weighted by atomic mass is 32.2. The molecule has 0 atom stereocenters. The summed E-state index contributed by atoms with van der Waals surface area (Å²) in [6.45, 7) is 0. The van der Waals surface area contributed by atoms with Gasteiger partial charge in [-0.2, -0.15) is 0 Å². The number of imidazole rings is 1. The fourth-order valence-electron chi connectivity index (χ4n) is 3.68. The van der Waals surface area contributed by atoms with Crippen molar-refractivity contribution < 1.29 is 22.7 Å². The predicted molar refractivity (Wildman–Crippen MR) is 146 cm³/mol. The van der Waals surface area contributed by atoms with Crippen LogP contribution in [0.4, 0.5) is 23.0 Å². The van der Waals surface area contributed by atoms with Crippen LogP contribution < -0.4 is 24.8 Å². The number of hydrogen-bond acceptors (Lipinski definition) is 9. The van der Waals surface area contributed by atoms with E-state index >= 15 is 0 Å². The molecule has 0 aliphatic heterocycles. The average molecular weight is 546 g/mol. The predicted octanol–water partition coefficient (Wildman–Crippen LogP) is 4.17. The Hall–Kier alpha value is -5.17. The highest BCUT2D eigenvalue weighted by molar-refractivity contribution is 7.92. The molecule has 0 fully saturated rings. The number of aromatic nitrogens is 4. The maximum Gasteiger partial charge on any atom is 0.291 e. The Morgan fingerprint density at radius 1 is 0.846 bits per heavy atom. The first-order valence-electron chi connectivity index (χ1n) is 11.5. The van der Waals surface area contributed by atoms with Gasteiger partial charge in [0.05, 0.1) is 30.1 Å². The second kappa shape index (κ2) is 10.7. The van der Waals surface area contributed by atoms with E-state index in [4.69, 9.17) is 9.47 Å². The molecule has 5 aromatic rings. The van der Waals surface area contributed by atoms with Crippen LogP contribution in [0.2, 0.25) is 0 Å². The van der Waals surface area contributed by atoms with Crippen molar-refractivity contribution in [1.82, 2.24) is 19.9 Å². The lowest BCUT2D eigenvalue weighted by Crippen LogP contribution is -2.17. The highest BCUT2D eigenvalue weighted by Gasteiger charge is 2.20. The standard InChI is InChI=1S/C26H23N7O5S/c1-37-18-12-17(13-19(15-18)38-2)29-23-24(32-22-9-4-3-8-21(22)31-23)33-39(35,36)20-7-5-6-16(14-20)30-26(34)25-27-10-11-28-25/h3-15H,1-2H3,(H,27,28)(H,29,31)(H,30,34)(H,32,33). The number of ether oxygens (including phenoxy) is 2. The van der Waals surface area contributed by atoms with Gasteiger partial charge in [-0.15, -0.1) is 0 Å². The number of amides is 1. The Bertz CT molecular complexity index is 1740. The van der Waals surface area contributed by atoms with Gasteiger partial charge in [-0.25, -0.2) is 23.4 Å². The summed E-state index contributed by atoms with van der Waals surface area (Å²) < 4.78 is 40.1. The number of nitrogens with one attached hydrogen (secondary N) is 4. The number of nitrogens with zero attached hydrogens (tertiary/aromatic N) is 3. The summed E-state index contributed by atoms with van der Waals surface area (Å²) in [5.41, 5.74) is 1.86. The van der Waals surface area contributed by atoms with Crippen molar-refractivity contribution in [2.75, 3.05) is 29.6 Å². The van der Waals surface area contributed by atoms with E-state index in [0.29, 0.717) is 28.2 Å². The zero-order valence-corrected chi connectivity index (χ0v) is 21.6. The Labute approximate surface area is 223 Å². The van der Waals surface area contributed by atoms with Crippen LogP contribution in [0, 0.1) is 0 Å². The monoisotopic (exact) mass is 545 g/mol. The number of benzene rings is 3. The van der Waals surface area contributed by atoms with E-state index in [1.807, 2.05) is 6.07 Å². The molecule has 5 rings (SSSR count). The SMILES string of the molecule is COc1cc(Nc2nc3ccccc3nc2NS(=O)(=O)c2cccc(NC(=O)c3ncc[nH]3)c2)cc(OC)c1. The largest absolute Gasteiger partial charge is 0.497 e. The third-order valence-electron chi connectivity index (χ3n) is 5.53. The number of H-pyrrole nitrogens is 1. The van der Waals surface area contributed by atoms with E-state index in [9.17, 15) is 13.2 Å². The van der Waals surface area contributed by atoms with E-state index in [1.54, 1.807) is 42.5 Å². The summed E-state index contributed by atoms with van der Waals surface area (Å²) in [5, 5.41) is 5.73. The zero-order valence-electron chi connectivity index (χ0n) is 20.8. The van der Waals surface area contributed by atoms with Gasteiger partial charge in [0.2, 0.25) is 0 Å². The molecule has 0 spiro atoms. The Balaban J connectivity index is 1.49. The minimum absolute atomic E-state index is 0.0273. The number of para-hydroxylation sites is 2. The van der Waals surface area contributed by atoms with Crippen LogP contribution in [0.3, 0.4) is 0 Å². The number of fused-ring (bicyclic) bond motifs is 1. The summed E-state index contributed by atoms with van der Waals surface area (Å²) in [6, 6.07) is 18.0. The van der Waals surface area contributed by atoms with Crippen molar-refractivity contribution in [3.8, 4) is 11.5 Å². The molecule has 4 N–H and O–H groups in total. The van der Waals surface area contributed by atoms with E-state index in [-0.39, 0.29) is 28.0 Å². The van der Waals surface area contributed by atoms with Crippen molar-refractivity contribution in [3.05, 3.63) is 84.9 Å². The molecule has 0 radical (unpaired) electrons. The maximum absolute atomic E-state index is 13.4. The lowest BCUT2D eigenvalue weighted by Gasteiger charge is -2.15. The molecular formula is C26H23N7O5S. The van der Waals surface area contributed by atoms with Gasteiger partial charge in [0.25, 0.3) is 15.9 Å². The number of carbonyl (C=O) groups is 1. The quantitative estimate of drug-likeness (QED) is 0.213. The van der Waals surface area contributed by atoms with Crippen LogP contribution in [0.15, 0.2) is 84.0 Å². The minimum Gasteiger partial charge on any atom is -0.497 e. The van der Waals surface area contributed by atoms with Gasteiger partial charge in [-0.1, -0.05) is 18.2 Å². The first-order chi connectivity index (χ1) is 18.8. The maximum atomic E-state index is 13.4. The molecule has 2 aromatic heterocycles. The van der Waals surface area contributed by atoms with Crippen LogP contribution in [-0.2, 0) is 10.0 Å². The smallest absolute Gasteiger partial charge is 0.291 e. The molecule has 1 amide bonds. The summed E-state index contributed by atoms with van der Waals surface area (Å²) in [6.07, 6.45) is 2.95. The molecule has 0 aliphatic carbocycles. The minimum atomic E-state index is -4.15. The second-order valence-corrected chi connectivity index (χ2v) is 9.84. The van der Waals surface area contributed by atoms with Gasteiger partial charge in [-0.3, -0.25) is 9.52 Å². The number of sulfonamides is 1. The molecule has 2 heterocycles. The van der Waals surface area contributed by atoms with E-state index in [0.717, 1.165) is 0 Å². The second-order valence-electron chi connectivity index (χ2n) is 8.16. The topological polar surface area (TPSA) is 160 Å². The van der Waals surface area contributed by atoms with Crippen LogP contribution in [0.5, 0.6) is 11.5 Å². The Morgan fingerprint density at radius 2 is 1.54 bits per heavy atom. The number of anilines is 4. The fraction of sp³-hybridized carbons (Fsp3) is 0.0769. The lowest BCUT2D eigenvalue weighted by molar-refractivity contribution is 0.101. The Kier molecular flexibility index (Phi) is 6.97. The zero-order chi connectivity index (χ0) is 27.4. The van der Waals surface area contributed by atoms with Crippen molar-refractivity contribution in [2.24, 2.45) is 0 Å². The van der Waals surface area contributed by atoms with E-state index in [2.05, 4.69) is 35.3 Å². The molecule has 0 saturated carbocycles. The lowest BCUT2D eigenvalue weighted by atomic mass is 10.2. The molecule has 0 aliphatic rings. The summed E-state index contributed by atoms with van der Waals surface area (Å²) in [7, 11) is -1.10. The van der Waals surface area contributed by atoms with Gasteiger partial charge in [0.15, 0.2) is 17.5 Å². The fourth-order valence-corrected chi connectivity index (χ4v) is 4.74. The molecule has 0 unspecified atom stereocenters. The van der Waals surface area contributed by atoms with Gasteiger partial charge in [-0.05, 0) is 30.3 Å².